The molecule has 0 spiro atoms. The molecule has 1 aromatic rings. The Morgan fingerprint density at radius 3 is 2.20 bits per heavy atom. The number of likely N-dealkylation sites (N-methyl/N-ethyl adjacent to an activating group) is 1. The molecule has 1 saturated carbocycles. The summed E-state index contributed by atoms with van der Waals surface area (Å²) in [4.78, 5) is 2.47. The number of nitrogens with one attached hydrogen (secondary N) is 1. The summed E-state index contributed by atoms with van der Waals surface area (Å²) in [6.07, 6.45) is 9.33. The molecule has 1 aromatic carbocycles. The van der Waals surface area contributed by atoms with Crippen molar-refractivity contribution in [1.29, 1.82) is 0 Å². The summed E-state index contributed by atoms with van der Waals surface area (Å²) in [7, 11) is 4.52. The molecule has 3 rings (SSSR count). The number of hydrogen-bond acceptors (Lipinski definition) is 2. The molecule has 1 N–H and O–H groups in total. The van der Waals surface area contributed by atoms with E-state index in [1.165, 1.54) is 44.9 Å². The van der Waals surface area contributed by atoms with Crippen LogP contribution in [0.4, 0.5) is 0 Å². The Kier molecular flexibility index (Phi) is 4.13. The first-order chi connectivity index (χ1) is 9.70. The van der Waals surface area contributed by atoms with Crippen LogP contribution in [0.15, 0.2) is 24.3 Å². The van der Waals surface area contributed by atoms with Crippen molar-refractivity contribution in [2.75, 3.05) is 20.6 Å². The Hall–Kier alpha value is -0.860. The number of benzene rings is 1. The van der Waals surface area contributed by atoms with Crippen LogP contribution in [0.3, 0.4) is 0 Å². The van der Waals surface area contributed by atoms with Crippen LogP contribution in [0.2, 0.25) is 0 Å². The highest BCUT2D eigenvalue weighted by atomic mass is 15.2. The second-order valence-corrected chi connectivity index (χ2v) is 6.93. The van der Waals surface area contributed by atoms with Gasteiger partial charge in [0.05, 0.1) is 0 Å². The average molecular weight is 272 g/mol. The lowest BCUT2D eigenvalue weighted by atomic mass is 9.80. The largest absolute Gasteiger partial charge is 0.311 e. The molecule has 0 unspecified atom stereocenters. The van der Waals surface area contributed by atoms with E-state index in [2.05, 4.69) is 48.6 Å². The van der Waals surface area contributed by atoms with E-state index in [9.17, 15) is 0 Å². The van der Waals surface area contributed by atoms with E-state index < -0.39 is 0 Å². The van der Waals surface area contributed by atoms with Gasteiger partial charge in [-0.1, -0.05) is 43.5 Å². The summed E-state index contributed by atoms with van der Waals surface area (Å²) >= 11 is 0. The zero-order chi connectivity index (χ0) is 14.0. The maximum atomic E-state index is 3.88. The first-order valence-electron chi connectivity index (χ1n) is 8.17. The lowest BCUT2D eigenvalue weighted by Crippen LogP contribution is -2.54. The van der Waals surface area contributed by atoms with Crippen molar-refractivity contribution in [3.8, 4) is 0 Å². The lowest BCUT2D eigenvalue weighted by molar-refractivity contribution is 0.0955. The molecule has 0 atom stereocenters. The van der Waals surface area contributed by atoms with Crippen LogP contribution < -0.4 is 5.32 Å². The fourth-order valence-electron chi connectivity index (χ4n) is 4.03. The summed E-state index contributed by atoms with van der Waals surface area (Å²) in [5.74, 6) is 0. The minimum atomic E-state index is 0.396. The second kappa shape index (κ2) is 5.87. The fraction of sp³-hybridized carbons (Fsp3) is 0.667. The van der Waals surface area contributed by atoms with Gasteiger partial charge in [-0.25, -0.2) is 0 Å². The lowest BCUT2D eigenvalue weighted by Gasteiger charge is -2.44. The van der Waals surface area contributed by atoms with Crippen LogP contribution in [0.25, 0.3) is 0 Å². The summed E-state index contributed by atoms with van der Waals surface area (Å²) in [6.45, 7) is 1.15. The maximum absolute atomic E-state index is 3.88. The Labute approximate surface area is 123 Å². The van der Waals surface area contributed by atoms with Gasteiger partial charge in [-0.3, -0.25) is 0 Å². The zero-order valence-electron chi connectivity index (χ0n) is 13.0. The zero-order valence-corrected chi connectivity index (χ0v) is 13.0. The molecule has 2 nitrogen and oxygen atoms in total. The smallest absolute Gasteiger partial charge is 0.0327 e. The summed E-state index contributed by atoms with van der Waals surface area (Å²) in [6, 6.07) is 9.57. The molecule has 0 heterocycles. The van der Waals surface area contributed by atoms with E-state index in [0.29, 0.717) is 11.6 Å². The Bertz CT molecular complexity index is 421. The van der Waals surface area contributed by atoms with Crippen molar-refractivity contribution in [2.45, 2.75) is 56.5 Å². The Balaban J connectivity index is 1.59. The van der Waals surface area contributed by atoms with Gasteiger partial charge in [0.2, 0.25) is 0 Å². The van der Waals surface area contributed by atoms with Crippen molar-refractivity contribution in [3.63, 3.8) is 0 Å². The van der Waals surface area contributed by atoms with Crippen LogP contribution in [-0.2, 0) is 12.8 Å². The molecule has 2 aliphatic rings. The van der Waals surface area contributed by atoms with Crippen LogP contribution in [0, 0.1) is 0 Å². The van der Waals surface area contributed by atoms with E-state index in [4.69, 9.17) is 0 Å². The van der Waals surface area contributed by atoms with Crippen molar-refractivity contribution in [1.82, 2.24) is 10.2 Å². The SMILES string of the molecule is CN(C)C1(CNC2Cc3ccccc3C2)CCCCC1. The predicted molar refractivity (Wildman–Crippen MR) is 85.1 cm³/mol. The Morgan fingerprint density at radius 1 is 1.05 bits per heavy atom. The normalized spacial score (nSPS) is 22.1. The third kappa shape index (κ3) is 2.77. The van der Waals surface area contributed by atoms with Crippen LogP contribution in [-0.4, -0.2) is 37.1 Å². The first kappa shape index (κ1) is 14.1. The van der Waals surface area contributed by atoms with Crippen molar-refractivity contribution in [3.05, 3.63) is 35.4 Å². The topological polar surface area (TPSA) is 15.3 Å². The molecule has 0 saturated heterocycles. The van der Waals surface area contributed by atoms with Crippen molar-refractivity contribution in [2.24, 2.45) is 0 Å². The van der Waals surface area contributed by atoms with E-state index in [1.807, 2.05) is 0 Å². The van der Waals surface area contributed by atoms with Gasteiger partial charge in [0, 0.05) is 18.1 Å². The number of rotatable bonds is 4. The van der Waals surface area contributed by atoms with E-state index in [0.717, 1.165) is 6.54 Å². The van der Waals surface area contributed by atoms with Crippen molar-refractivity contribution >= 4 is 0 Å². The van der Waals surface area contributed by atoms with E-state index >= 15 is 0 Å². The molecular weight excluding hydrogens is 244 g/mol. The summed E-state index contributed by atoms with van der Waals surface area (Å²) in [5.41, 5.74) is 3.49. The minimum absolute atomic E-state index is 0.396. The number of nitrogens with zero attached hydrogens (tertiary/aromatic N) is 1. The van der Waals surface area contributed by atoms with Gasteiger partial charge in [-0.2, -0.15) is 0 Å². The third-order valence-corrected chi connectivity index (χ3v) is 5.50. The highest BCUT2D eigenvalue weighted by molar-refractivity contribution is 5.33. The molecule has 0 bridgehead atoms. The molecule has 0 aliphatic heterocycles. The van der Waals surface area contributed by atoms with Crippen molar-refractivity contribution < 1.29 is 0 Å². The van der Waals surface area contributed by atoms with Gasteiger partial charge in [0.15, 0.2) is 0 Å². The number of hydrogen-bond donors (Lipinski definition) is 1. The Morgan fingerprint density at radius 2 is 1.65 bits per heavy atom. The molecule has 2 heteroatoms. The van der Waals surface area contributed by atoms with Gasteiger partial charge in [-0.15, -0.1) is 0 Å². The van der Waals surface area contributed by atoms with Gasteiger partial charge in [0.1, 0.15) is 0 Å². The molecule has 2 aliphatic carbocycles. The molecule has 1 fully saturated rings. The van der Waals surface area contributed by atoms with Crippen LogP contribution in [0.5, 0.6) is 0 Å². The molecule has 110 valence electrons. The van der Waals surface area contributed by atoms with Gasteiger partial charge >= 0.3 is 0 Å². The van der Waals surface area contributed by atoms with Gasteiger partial charge in [0.25, 0.3) is 0 Å². The highest BCUT2D eigenvalue weighted by Crippen LogP contribution is 2.32. The standard InChI is InChI=1S/C18H28N2/c1-20(2)18(10-6-3-7-11-18)14-19-17-12-15-8-4-5-9-16(15)13-17/h4-5,8-9,17,19H,3,6-7,10-14H2,1-2H3. The first-order valence-corrected chi connectivity index (χ1v) is 8.17. The monoisotopic (exact) mass is 272 g/mol. The molecule has 0 aromatic heterocycles. The molecule has 0 radical (unpaired) electrons. The molecular formula is C18H28N2. The van der Waals surface area contributed by atoms with Crippen LogP contribution >= 0.6 is 0 Å². The maximum Gasteiger partial charge on any atom is 0.0327 e. The van der Waals surface area contributed by atoms with E-state index in [1.54, 1.807) is 11.1 Å². The van der Waals surface area contributed by atoms with Gasteiger partial charge < -0.3 is 10.2 Å². The average Bonchev–Trinajstić information content (AvgIpc) is 2.89. The predicted octanol–water partition coefficient (Wildman–Crippen LogP) is 3.01. The minimum Gasteiger partial charge on any atom is -0.311 e. The fourth-order valence-corrected chi connectivity index (χ4v) is 4.03. The highest BCUT2D eigenvalue weighted by Gasteiger charge is 2.35. The molecule has 20 heavy (non-hydrogen) atoms. The summed E-state index contributed by atoms with van der Waals surface area (Å²) in [5, 5.41) is 3.88. The van der Waals surface area contributed by atoms with Crippen LogP contribution in [0.1, 0.15) is 43.2 Å². The van der Waals surface area contributed by atoms with E-state index in [-0.39, 0.29) is 0 Å². The van der Waals surface area contributed by atoms with Gasteiger partial charge in [-0.05, 0) is 50.9 Å². The third-order valence-electron chi connectivity index (χ3n) is 5.50. The quantitative estimate of drug-likeness (QED) is 0.906. The number of fused-ring (bicyclic) bond motifs is 1. The second-order valence-electron chi connectivity index (χ2n) is 6.93. The molecule has 0 amide bonds. The summed E-state index contributed by atoms with van der Waals surface area (Å²) < 4.78 is 0.